The van der Waals surface area contributed by atoms with E-state index in [1.165, 1.54) is 0 Å². The first-order valence-electron chi connectivity index (χ1n) is 8.94. The molecule has 2 heterocycles. The number of hydrogen-bond acceptors (Lipinski definition) is 6. The van der Waals surface area contributed by atoms with Crippen LogP contribution in [0.3, 0.4) is 0 Å². The van der Waals surface area contributed by atoms with Crippen molar-refractivity contribution in [2.45, 2.75) is 38.8 Å². The molecular weight excluding hydrogens is 370 g/mol. The zero-order chi connectivity index (χ0) is 19.6. The van der Waals surface area contributed by atoms with E-state index >= 15 is 0 Å². The summed E-state index contributed by atoms with van der Waals surface area (Å²) in [6.45, 7) is 3.35. The number of ether oxygens (including phenoxy) is 1. The minimum Gasteiger partial charge on any atom is -0.451 e. The van der Waals surface area contributed by atoms with E-state index in [9.17, 15) is 18.0 Å². The molecule has 0 unspecified atom stereocenters. The Kier molecular flexibility index (Phi) is 5.50. The number of nitrogens with one attached hydrogen (secondary N) is 1. The molecule has 1 N–H and O–H groups in total. The minimum absolute atomic E-state index is 0.0406. The quantitative estimate of drug-likeness (QED) is 0.746. The number of rotatable bonds is 6. The van der Waals surface area contributed by atoms with Crippen LogP contribution in [0.25, 0.3) is 10.9 Å². The van der Waals surface area contributed by atoms with Gasteiger partial charge in [0.15, 0.2) is 22.1 Å². The number of esters is 1. The summed E-state index contributed by atoms with van der Waals surface area (Å²) in [6.07, 6.45) is 1.09. The molecular formula is C18H23N3O5S. The van der Waals surface area contributed by atoms with Crippen molar-refractivity contribution in [2.24, 2.45) is 0 Å². The lowest BCUT2D eigenvalue weighted by Crippen LogP contribution is -2.48. The van der Waals surface area contributed by atoms with E-state index in [1.807, 2.05) is 19.9 Å². The molecule has 27 heavy (non-hydrogen) atoms. The average molecular weight is 393 g/mol. The van der Waals surface area contributed by atoms with Crippen LogP contribution in [-0.4, -0.2) is 65.6 Å². The molecule has 0 radical (unpaired) electrons. The largest absolute Gasteiger partial charge is 0.451 e. The van der Waals surface area contributed by atoms with Gasteiger partial charge in [-0.1, -0.05) is 25.1 Å². The Labute approximate surface area is 157 Å². The zero-order valence-electron chi connectivity index (χ0n) is 15.3. The number of amides is 1. The summed E-state index contributed by atoms with van der Waals surface area (Å²) in [5.41, 5.74) is 0.824. The number of benzene rings is 1. The monoisotopic (exact) mass is 393 g/mol. The van der Waals surface area contributed by atoms with Crippen LogP contribution >= 0.6 is 0 Å². The summed E-state index contributed by atoms with van der Waals surface area (Å²) in [5.74, 6) is -1.04. The molecule has 1 saturated heterocycles. The van der Waals surface area contributed by atoms with Gasteiger partial charge in [-0.3, -0.25) is 9.89 Å². The van der Waals surface area contributed by atoms with Crippen molar-refractivity contribution in [1.29, 1.82) is 0 Å². The Morgan fingerprint density at radius 1 is 1.37 bits per heavy atom. The van der Waals surface area contributed by atoms with Gasteiger partial charge in [0.05, 0.1) is 17.0 Å². The molecule has 146 valence electrons. The summed E-state index contributed by atoms with van der Waals surface area (Å²) in [6, 6.07) is 6.62. The van der Waals surface area contributed by atoms with Crippen LogP contribution in [0.15, 0.2) is 24.3 Å². The van der Waals surface area contributed by atoms with E-state index in [0.717, 1.165) is 0 Å². The van der Waals surface area contributed by atoms with Crippen LogP contribution in [-0.2, 0) is 19.4 Å². The summed E-state index contributed by atoms with van der Waals surface area (Å²) in [4.78, 5) is 26.6. The highest BCUT2D eigenvalue weighted by Gasteiger charge is 2.36. The van der Waals surface area contributed by atoms with Gasteiger partial charge in [0.2, 0.25) is 0 Å². The van der Waals surface area contributed by atoms with Gasteiger partial charge in [0.25, 0.3) is 5.91 Å². The van der Waals surface area contributed by atoms with Gasteiger partial charge in [0, 0.05) is 17.5 Å². The maximum absolute atomic E-state index is 12.7. The van der Waals surface area contributed by atoms with Crippen molar-refractivity contribution in [3.63, 3.8) is 0 Å². The summed E-state index contributed by atoms with van der Waals surface area (Å²) in [5, 5.41) is 7.33. The number of aromatic amines is 1. The highest BCUT2D eigenvalue weighted by molar-refractivity contribution is 7.91. The van der Waals surface area contributed by atoms with Crippen molar-refractivity contribution in [3.8, 4) is 0 Å². The first kappa shape index (κ1) is 19.3. The van der Waals surface area contributed by atoms with E-state index in [0.29, 0.717) is 23.7 Å². The van der Waals surface area contributed by atoms with Crippen LogP contribution < -0.4 is 0 Å². The summed E-state index contributed by atoms with van der Waals surface area (Å²) in [7, 11) is -3.12. The smallest absolute Gasteiger partial charge is 0.359 e. The van der Waals surface area contributed by atoms with Crippen molar-refractivity contribution < 1.29 is 22.7 Å². The third kappa shape index (κ3) is 4.13. The van der Waals surface area contributed by atoms with Crippen molar-refractivity contribution >= 4 is 32.6 Å². The van der Waals surface area contributed by atoms with Crippen molar-refractivity contribution in [3.05, 3.63) is 30.0 Å². The predicted molar refractivity (Wildman–Crippen MR) is 100 cm³/mol. The lowest BCUT2D eigenvalue weighted by Gasteiger charge is -2.33. The molecule has 1 amide bonds. The number of hydrogen-bond donors (Lipinski definition) is 1. The molecule has 0 aliphatic carbocycles. The first-order valence-corrected chi connectivity index (χ1v) is 10.8. The average Bonchev–Trinajstić information content (AvgIpc) is 3.23. The van der Waals surface area contributed by atoms with Crippen LogP contribution in [0.5, 0.6) is 0 Å². The minimum atomic E-state index is -3.12. The fourth-order valence-electron chi connectivity index (χ4n) is 3.39. The number of H-pyrrole nitrogens is 1. The number of aromatic nitrogens is 2. The van der Waals surface area contributed by atoms with Gasteiger partial charge in [-0.05, 0) is 25.8 Å². The Hall–Kier alpha value is -2.42. The molecule has 1 aromatic carbocycles. The van der Waals surface area contributed by atoms with Gasteiger partial charge in [-0.15, -0.1) is 0 Å². The normalized spacial score (nSPS) is 19.7. The van der Waals surface area contributed by atoms with Gasteiger partial charge in [-0.25, -0.2) is 13.2 Å². The lowest BCUT2D eigenvalue weighted by molar-refractivity contribution is -0.138. The Balaban J connectivity index is 1.69. The van der Waals surface area contributed by atoms with E-state index in [4.69, 9.17) is 4.74 Å². The number of fused-ring (bicyclic) bond motifs is 1. The number of carbonyl (C=O) groups excluding carboxylic acids is 2. The van der Waals surface area contributed by atoms with Crippen molar-refractivity contribution in [2.75, 3.05) is 18.1 Å². The zero-order valence-corrected chi connectivity index (χ0v) is 16.2. The SMILES string of the molecule is CC[C@@H](C)N(C(=O)COC(=O)c1n[nH]c2ccccc12)[C@H]1CCS(=O)(=O)C1. The van der Waals surface area contributed by atoms with Gasteiger partial charge in [0.1, 0.15) is 0 Å². The molecule has 8 nitrogen and oxygen atoms in total. The number of carbonyl (C=O) groups is 2. The van der Waals surface area contributed by atoms with Gasteiger partial charge >= 0.3 is 5.97 Å². The summed E-state index contributed by atoms with van der Waals surface area (Å²) >= 11 is 0. The number of nitrogens with zero attached hydrogens (tertiary/aromatic N) is 2. The lowest BCUT2D eigenvalue weighted by atomic mass is 10.1. The fourth-order valence-corrected chi connectivity index (χ4v) is 5.10. The number of sulfone groups is 1. The third-order valence-electron chi connectivity index (χ3n) is 4.95. The Morgan fingerprint density at radius 2 is 2.11 bits per heavy atom. The second-order valence-electron chi connectivity index (χ2n) is 6.81. The predicted octanol–water partition coefficient (Wildman–Crippen LogP) is 1.53. The van der Waals surface area contributed by atoms with E-state index in [1.54, 1.807) is 23.1 Å². The van der Waals surface area contributed by atoms with E-state index in [2.05, 4.69) is 10.2 Å². The molecule has 0 bridgehead atoms. The summed E-state index contributed by atoms with van der Waals surface area (Å²) < 4.78 is 28.8. The number of para-hydroxylation sites is 1. The standard InChI is InChI=1S/C18H23N3O5S/c1-3-12(2)21(13-8-9-27(24,25)11-13)16(22)10-26-18(23)17-14-6-4-5-7-15(14)19-20-17/h4-7,12-13H,3,8-11H2,1-2H3,(H,19,20)/t12-,13+/m1/s1. The molecule has 9 heteroatoms. The first-order chi connectivity index (χ1) is 12.8. The van der Waals surface area contributed by atoms with E-state index < -0.39 is 22.4 Å². The van der Waals surface area contributed by atoms with Crippen molar-refractivity contribution in [1.82, 2.24) is 15.1 Å². The highest BCUT2D eigenvalue weighted by Crippen LogP contribution is 2.22. The molecule has 0 spiro atoms. The molecule has 3 rings (SSSR count). The van der Waals surface area contributed by atoms with Gasteiger partial charge < -0.3 is 9.64 Å². The van der Waals surface area contributed by atoms with E-state index in [-0.39, 0.29) is 35.2 Å². The molecule has 1 fully saturated rings. The molecule has 0 saturated carbocycles. The Bertz CT molecular complexity index is 953. The molecule has 1 aliphatic heterocycles. The second kappa shape index (κ2) is 7.67. The highest BCUT2D eigenvalue weighted by atomic mass is 32.2. The molecule has 2 aromatic rings. The van der Waals surface area contributed by atoms with Crippen LogP contribution in [0.1, 0.15) is 37.2 Å². The second-order valence-corrected chi connectivity index (χ2v) is 9.04. The molecule has 2 atom stereocenters. The van der Waals surface area contributed by atoms with Gasteiger partial charge in [-0.2, -0.15) is 5.10 Å². The van der Waals surface area contributed by atoms with Crippen LogP contribution in [0.4, 0.5) is 0 Å². The fraction of sp³-hybridized carbons (Fsp3) is 0.500. The maximum Gasteiger partial charge on any atom is 0.359 e. The maximum atomic E-state index is 12.7. The third-order valence-corrected chi connectivity index (χ3v) is 6.70. The Morgan fingerprint density at radius 3 is 2.78 bits per heavy atom. The van der Waals surface area contributed by atoms with Crippen LogP contribution in [0.2, 0.25) is 0 Å². The topological polar surface area (TPSA) is 109 Å². The molecule has 1 aromatic heterocycles. The van der Waals surface area contributed by atoms with Crippen LogP contribution in [0, 0.1) is 0 Å². The molecule has 1 aliphatic rings.